The summed E-state index contributed by atoms with van der Waals surface area (Å²) >= 11 is 1.54. The molecule has 2 aromatic rings. The van der Waals surface area contributed by atoms with Crippen molar-refractivity contribution in [3.63, 3.8) is 0 Å². The molecular weight excluding hydrogens is 322 g/mol. The van der Waals surface area contributed by atoms with E-state index < -0.39 is 5.72 Å². The van der Waals surface area contributed by atoms with E-state index in [0.717, 1.165) is 10.6 Å². The molecule has 1 aliphatic rings. The van der Waals surface area contributed by atoms with Crippen molar-refractivity contribution in [3.8, 4) is 11.5 Å². The monoisotopic (exact) mass is 343 g/mol. The highest BCUT2D eigenvalue weighted by Gasteiger charge is 2.45. The number of aliphatic hydroxyl groups is 1. The molecule has 1 aliphatic heterocycles. The van der Waals surface area contributed by atoms with Crippen LogP contribution in [0.25, 0.3) is 0 Å². The van der Waals surface area contributed by atoms with Gasteiger partial charge < -0.3 is 19.5 Å². The molecule has 0 aromatic heterocycles. The van der Waals surface area contributed by atoms with Crippen LogP contribution in [0.4, 0.5) is 0 Å². The number of ether oxygens (including phenoxy) is 2. The van der Waals surface area contributed by atoms with Gasteiger partial charge in [0.2, 0.25) is 0 Å². The first kappa shape index (κ1) is 16.7. The van der Waals surface area contributed by atoms with Crippen LogP contribution >= 0.6 is 11.8 Å². The number of hydrogen-bond donors (Lipinski definition) is 1. The fourth-order valence-electron chi connectivity index (χ4n) is 2.88. The van der Waals surface area contributed by atoms with Crippen LogP contribution in [-0.4, -0.2) is 30.0 Å². The van der Waals surface area contributed by atoms with Gasteiger partial charge >= 0.3 is 0 Å². The van der Waals surface area contributed by atoms with E-state index in [1.807, 2.05) is 53.4 Å². The molecule has 1 saturated heterocycles. The number of hydrogen-bond acceptors (Lipinski definition) is 5. The summed E-state index contributed by atoms with van der Waals surface area (Å²) in [6.45, 7) is 4.68. The zero-order valence-corrected chi connectivity index (χ0v) is 14.7. The van der Waals surface area contributed by atoms with Gasteiger partial charge in [0.1, 0.15) is 11.5 Å². The predicted molar refractivity (Wildman–Crippen MR) is 97.0 cm³/mol. The Labute approximate surface area is 146 Å². The lowest BCUT2D eigenvalue weighted by Crippen LogP contribution is -2.42. The SMILES string of the molecule is C=C1SCC(O)(c2cc(OC)ccc2OC)N1Cc1ccccc1. The molecule has 24 heavy (non-hydrogen) atoms. The van der Waals surface area contributed by atoms with Crippen LogP contribution in [0.2, 0.25) is 0 Å². The van der Waals surface area contributed by atoms with E-state index in [-0.39, 0.29) is 0 Å². The summed E-state index contributed by atoms with van der Waals surface area (Å²) in [6.07, 6.45) is 0. The predicted octanol–water partition coefficient (Wildman–Crippen LogP) is 3.57. The molecule has 0 bridgehead atoms. The van der Waals surface area contributed by atoms with Gasteiger partial charge in [-0.05, 0) is 23.8 Å². The summed E-state index contributed by atoms with van der Waals surface area (Å²) in [5.74, 6) is 1.80. The van der Waals surface area contributed by atoms with Crippen LogP contribution in [0.15, 0.2) is 60.1 Å². The summed E-state index contributed by atoms with van der Waals surface area (Å²) in [5, 5.41) is 12.3. The third kappa shape index (κ3) is 2.97. The van der Waals surface area contributed by atoms with Crippen LogP contribution in [0.1, 0.15) is 11.1 Å². The van der Waals surface area contributed by atoms with Crippen LogP contribution in [0.3, 0.4) is 0 Å². The molecule has 0 saturated carbocycles. The highest BCUT2D eigenvalue weighted by atomic mass is 32.2. The van der Waals surface area contributed by atoms with Gasteiger partial charge in [-0.15, -0.1) is 11.8 Å². The first-order chi connectivity index (χ1) is 11.6. The Morgan fingerprint density at radius 1 is 1.17 bits per heavy atom. The van der Waals surface area contributed by atoms with Crippen molar-refractivity contribution in [1.82, 2.24) is 4.90 Å². The van der Waals surface area contributed by atoms with Crippen LogP contribution in [-0.2, 0) is 12.3 Å². The molecule has 0 radical (unpaired) electrons. The lowest BCUT2D eigenvalue weighted by Gasteiger charge is -2.36. The van der Waals surface area contributed by atoms with Crippen molar-refractivity contribution in [1.29, 1.82) is 0 Å². The quantitative estimate of drug-likeness (QED) is 0.899. The second-order valence-corrected chi connectivity index (χ2v) is 6.69. The molecule has 0 amide bonds. The molecule has 1 N–H and O–H groups in total. The number of nitrogens with zero attached hydrogens (tertiary/aromatic N) is 1. The maximum absolute atomic E-state index is 11.5. The van der Waals surface area contributed by atoms with Gasteiger partial charge in [-0.25, -0.2) is 0 Å². The molecule has 4 nitrogen and oxygen atoms in total. The molecule has 2 aromatic carbocycles. The normalized spacial score (nSPS) is 20.3. The van der Waals surface area contributed by atoms with Crippen molar-refractivity contribution in [2.24, 2.45) is 0 Å². The minimum absolute atomic E-state index is 0.488. The number of benzene rings is 2. The first-order valence-electron chi connectivity index (χ1n) is 7.66. The summed E-state index contributed by atoms with van der Waals surface area (Å²) in [4.78, 5) is 1.92. The number of methoxy groups -OCH3 is 2. The van der Waals surface area contributed by atoms with Crippen molar-refractivity contribution in [2.75, 3.05) is 20.0 Å². The zero-order chi connectivity index (χ0) is 17.2. The van der Waals surface area contributed by atoms with Crippen molar-refractivity contribution < 1.29 is 14.6 Å². The van der Waals surface area contributed by atoms with Crippen LogP contribution in [0, 0.1) is 0 Å². The Kier molecular flexibility index (Phi) is 4.73. The van der Waals surface area contributed by atoms with E-state index >= 15 is 0 Å². The Morgan fingerprint density at radius 2 is 1.92 bits per heavy atom. The molecule has 0 aliphatic carbocycles. The molecule has 1 fully saturated rings. The number of thioether (sulfide) groups is 1. The topological polar surface area (TPSA) is 41.9 Å². The highest BCUT2D eigenvalue weighted by molar-refractivity contribution is 8.03. The molecule has 1 unspecified atom stereocenters. The van der Waals surface area contributed by atoms with E-state index in [4.69, 9.17) is 9.47 Å². The summed E-state index contributed by atoms with van der Waals surface area (Å²) < 4.78 is 10.8. The fourth-order valence-corrected chi connectivity index (χ4v) is 3.93. The standard InChI is InChI=1S/C19H21NO3S/c1-14-20(12-15-7-5-4-6-8-15)19(21,13-24-14)17-11-16(22-2)9-10-18(17)23-3/h4-11,21H,1,12-13H2,2-3H3. The summed E-state index contributed by atoms with van der Waals surface area (Å²) in [5.41, 5.74) is 0.602. The molecule has 5 heteroatoms. The Morgan fingerprint density at radius 3 is 2.58 bits per heavy atom. The average molecular weight is 343 g/mol. The number of rotatable bonds is 5. The maximum atomic E-state index is 11.5. The lowest BCUT2D eigenvalue weighted by atomic mass is 10.0. The maximum Gasteiger partial charge on any atom is 0.178 e. The van der Waals surface area contributed by atoms with Crippen molar-refractivity contribution >= 4 is 11.8 Å². The molecule has 1 heterocycles. The summed E-state index contributed by atoms with van der Waals surface area (Å²) in [6, 6.07) is 15.5. The van der Waals surface area contributed by atoms with Gasteiger partial charge in [-0.3, -0.25) is 0 Å². The summed E-state index contributed by atoms with van der Waals surface area (Å²) in [7, 11) is 3.22. The van der Waals surface area contributed by atoms with Gasteiger partial charge in [-0.1, -0.05) is 36.9 Å². The van der Waals surface area contributed by atoms with E-state index in [0.29, 0.717) is 29.4 Å². The van der Waals surface area contributed by atoms with E-state index in [2.05, 4.69) is 6.58 Å². The molecule has 1 atom stereocenters. The third-order valence-electron chi connectivity index (χ3n) is 4.21. The van der Waals surface area contributed by atoms with E-state index in [1.54, 1.807) is 26.0 Å². The molecule has 0 spiro atoms. The Bertz CT molecular complexity index is 735. The second-order valence-electron chi connectivity index (χ2n) is 5.64. The van der Waals surface area contributed by atoms with Gasteiger partial charge in [0.25, 0.3) is 0 Å². The lowest BCUT2D eigenvalue weighted by molar-refractivity contribution is -0.0697. The minimum atomic E-state index is -1.20. The van der Waals surface area contributed by atoms with Crippen molar-refractivity contribution in [3.05, 3.63) is 71.3 Å². The van der Waals surface area contributed by atoms with Gasteiger partial charge in [0, 0.05) is 6.54 Å². The largest absolute Gasteiger partial charge is 0.497 e. The molecule has 3 rings (SSSR count). The second kappa shape index (κ2) is 6.79. The average Bonchev–Trinajstić information content (AvgIpc) is 2.91. The zero-order valence-electron chi connectivity index (χ0n) is 13.9. The Hall–Kier alpha value is -2.11. The first-order valence-corrected chi connectivity index (χ1v) is 8.65. The smallest absolute Gasteiger partial charge is 0.178 e. The molecular formula is C19H21NO3S. The van der Waals surface area contributed by atoms with Crippen LogP contribution < -0.4 is 9.47 Å². The van der Waals surface area contributed by atoms with E-state index in [9.17, 15) is 5.11 Å². The van der Waals surface area contributed by atoms with Gasteiger partial charge in [0.15, 0.2) is 5.72 Å². The fraction of sp³-hybridized carbons (Fsp3) is 0.263. The van der Waals surface area contributed by atoms with Gasteiger partial charge in [-0.2, -0.15) is 0 Å². The van der Waals surface area contributed by atoms with E-state index in [1.165, 1.54) is 0 Å². The highest BCUT2D eigenvalue weighted by Crippen LogP contribution is 2.47. The Balaban J connectivity index is 2.02. The van der Waals surface area contributed by atoms with Crippen LogP contribution in [0.5, 0.6) is 11.5 Å². The van der Waals surface area contributed by atoms with Gasteiger partial charge in [0.05, 0.1) is 30.6 Å². The van der Waals surface area contributed by atoms with Crippen molar-refractivity contribution in [2.45, 2.75) is 12.3 Å². The minimum Gasteiger partial charge on any atom is -0.497 e. The molecule has 126 valence electrons. The third-order valence-corrected chi connectivity index (χ3v) is 5.31.